The van der Waals surface area contributed by atoms with Gasteiger partial charge in [-0.2, -0.15) is 0 Å². The van der Waals surface area contributed by atoms with Gasteiger partial charge in [-0.15, -0.1) is 6.58 Å². The monoisotopic (exact) mass is 734 g/mol. The minimum absolute atomic E-state index is 0.0198. The van der Waals surface area contributed by atoms with E-state index in [0.717, 1.165) is 41.5 Å². The van der Waals surface area contributed by atoms with E-state index >= 15 is 0 Å². The molecule has 13 heteroatoms. The molecule has 3 fully saturated rings. The fourth-order valence-corrected chi connectivity index (χ4v) is 8.91. The van der Waals surface area contributed by atoms with Crippen LogP contribution in [0.5, 0.6) is 0 Å². The van der Waals surface area contributed by atoms with Gasteiger partial charge in [0.05, 0.1) is 18.4 Å². The quantitative estimate of drug-likeness (QED) is 0.338. The average Bonchev–Trinajstić information content (AvgIpc) is 4.04. The smallest absolute Gasteiger partial charge is 0.407 e. The molecule has 1 saturated heterocycles. The van der Waals surface area contributed by atoms with Gasteiger partial charge in [-0.3, -0.25) is 19.1 Å². The van der Waals surface area contributed by atoms with Crippen LogP contribution in [0.3, 0.4) is 0 Å². The predicted molar refractivity (Wildman–Crippen MR) is 195 cm³/mol. The number of sulfonamides is 1. The zero-order chi connectivity index (χ0) is 37.5. The Labute approximate surface area is 306 Å². The number of nitrogens with one attached hydrogen (secondary N) is 3. The van der Waals surface area contributed by atoms with E-state index < -0.39 is 73.6 Å². The number of alkyl carbamates (subject to hydrolysis) is 1. The van der Waals surface area contributed by atoms with E-state index in [1.165, 1.54) is 11.0 Å². The molecule has 5 atom stereocenters. The number of hydrogen-bond acceptors (Lipinski definition) is 8. The number of benzene rings is 2. The van der Waals surface area contributed by atoms with Crippen LogP contribution in [0.25, 0.3) is 11.1 Å². The second-order valence-corrected chi connectivity index (χ2v) is 17.7. The van der Waals surface area contributed by atoms with Gasteiger partial charge in [0, 0.05) is 19.4 Å². The summed E-state index contributed by atoms with van der Waals surface area (Å²) < 4.78 is 39.5. The maximum atomic E-state index is 14.7. The maximum Gasteiger partial charge on any atom is 0.407 e. The lowest BCUT2D eigenvalue weighted by Crippen LogP contribution is -2.60. The molecule has 0 aromatic heterocycles. The van der Waals surface area contributed by atoms with Gasteiger partial charge in [0.15, 0.2) is 0 Å². The third-order valence-corrected chi connectivity index (χ3v) is 12.8. The number of cyclic esters (lactones) is 1. The summed E-state index contributed by atoms with van der Waals surface area (Å²) in [7, 11) is -2.34. The van der Waals surface area contributed by atoms with Crippen LogP contribution in [0.4, 0.5) is 4.79 Å². The third kappa shape index (κ3) is 7.48. The highest BCUT2D eigenvalue weighted by atomic mass is 32.2. The summed E-state index contributed by atoms with van der Waals surface area (Å²) in [5, 5.41) is 4.98. The third-order valence-electron chi connectivity index (χ3n) is 11.0. The van der Waals surface area contributed by atoms with Gasteiger partial charge < -0.3 is 25.0 Å². The van der Waals surface area contributed by atoms with Crippen LogP contribution in [0.1, 0.15) is 76.8 Å². The molecule has 2 aliphatic heterocycles. The van der Waals surface area contributed by atoms with E-state index in [9.17, 15) is 27.6 Å². The molecule has 3 N–H and O–H groups in total. The van der Waals surface area contributed by atoms with Crippen molar-refractivity contribution >= 4 is 33.8 Å². The molecule has 2 aliphatic carbocycles. The number of rotatable bonds is 8. The number of fused-ring (bicyclic) bond motifs is 5. The molecule has 4 bridgehead atoms. The van der Waals surface area contributed by atoms with Gasteiger partial charge >= 0.3 is 6.09 Å². The Morgan fingerprint density at radius 3 is 2.42 bits per heavy atom. The van der Waals surface area contributed by atoms with Crippen LogP contribution >= 0.6 is 0 Å². The molecule has 4 amide bonds. The second-order valence-electron chi connectivity index (χ2n) is 15.7. The van der Waals surface area contributed by atoms with Crippen molar-refractivity contribution in [1.82, 2.24) is 20.3 Å². The van der Waals surface area contributed by atoms with E-state index in [4.69, 9.17) is 9.47 Å². The predicted octanol–water partition coefficient (Wildman–Crippen LogP) is 4.33. The fraction of sp³-hybridized carbons (Fsp3) is 0.538. The molecular formula is C39H50N4O8S. The zero-order valence-electron chi connectivity index (χ0n) is 30.4. The summed E-state index contributed by atoms with van der Waals surface area (Å²) >= 11 is 0. The summed E-state index contributed by atoms with van der Waals surface area (Å²) in [5.74, 6) is -2.48. The lowest BCUT2D eigenvalue weighted by molar-refractivity contribution is -0.143. The van der Waals surface area contributed by atoms with Gasteiger partial charge in [-0.1, -0.05) is 75.4 Å². The molecule has 2 aromatic carbocycles. The van der Waals surface area contributed by atoms with E-state index in [0.29, 0.717) is 19.3 Å². The second kappa shape index (κ2) is 14.3. The number of ether oxygens (including phenoxy) is 2. The van der Waals surface area contributed by atoms with E-state index in [1.807, 2.05) is 45.0 Å². The van der Waals surface area contributed by atoms with Crippen LogP contribution in [0, 0.1) is 11.3 Å². The number of carbonyl (C=O) groups is 4. The fourth-order valence-electron chi connectivity index (χ4n) is 7.55. The Morgan fingerprint density at radius 2 is 1.79 bits per heavy atom. The largest absolute Gasteiger partial charge is 0.450 e. The molecule has 0 unspecified atom stereocenters. The standard InChI is InChI=1S/C39H50N4O8S/c1-6-27-22-39(27,35(46)42-52(48,49)29-17-18-29)41-33(44)31-23-38(50-5)24-43(31)34(45)32(37(2,3)4)40-36(47)51-20-12-8-11-15-26-21-28(38)16-19-30(26)25-13-9-7-10-14-25/h6-7,9-10,13-14,16,19,21,27,29,31-32H,1,8,11-12,15,17-18,20,22-24H2,2-5H3,(H,40,47)(H,41,44)(H,42,46)/t27-,31+,32-,38+,39-/m1/s1. The molecule has 12 nitrogen and oxygen atoms in total. The number of nitrogens with zero attached hydrogens (tertiary/aromatic N) is 1. The number of carbonyl (C=O) groups excluding carboxylic acids is 4. The average molecular weight is 735 g/mol. The van der Waals surface area contributed by atoms with E-state index in [2.05, 4.69) is 46.2 Å². The lowest BCUT2D eigenvalue weighted by atomic mass is 9.85. The Morgan fingerprint density at radius 1 is 1.06 bits per heavy atom. The first-order valence-electron chi connectivity index (χ1n) is 18.1. The van der Waals surface area contributed by atoms with E-state index in [-0.39, 0.29) is 26.0 Å². The Kier molecular flexibility index (Phi) is 10.3. The Bertz CT molecular complexity index is 1840. The van der Waals surface area contributed by atoms with E-state index in [1.54, 1.807) is 7.11 Å². The first-order valence-corrected chi connectivity index (χ1v) is 19.7. The minimum atomic E-state index is -3.89. The van der Waals surface area contributed by atoms with Gasteiger partial charge in [0.1, 0.15) is 23.2 Å². The number of amides is 4. The number of methoxy groups -OCH3 is 1. The SMILES string of the molecule is C=C[C@@H]1C[C@]1(NC(=O)[C@@H]1C[C@]2(OC)CN1C(=O)[C@H](C(C)(C)C)NC(=O)OCCCCCc1cc2ccc1-c1ccccc1)C(=O)NS(=O)(=O)C1CC1. The Balaban J connectivity index is 1.40. The molecule has 0 spiro atoms. The summed E-state index contributed by atoms with van der Waals surface area (Å²) in [4.78, 5) is 57.2. The topological polar surface area (TPSA) is 160 Å². The highest BCUT2D eigenvalue weighted by Crippen LogP contribution is 2.47. The molecule has 6 rings (SSSR count). The first-order chi connectivity index (χ1) is 24.6. The zero-order valence-corrected chi connectivity index (χ0v) is 31.2. The molecule has 280 valence electrons. The normalized spacial score (nSPS) is 28.3. The molecule has 52 heavy (non-hydrogen) atoms. The maximum absolute atomic E-state index is 14.7. The van der Waals surface area contributed by atoms with Crippen LogP contribution < -0.4 is 15.4 Å². The summed E-state index contributed by atoms with van der Waals surface area (Å²) in [6.07, 6.45) is 5.00. The molecule has 4 aliphatic rings. The van der Waals surface area contributed by atoms with Crippen molar-refractivity contribution < 1.29 is 37.1 Å². The van der Waals surface area contributed by atoms with Gasteiger partial charge in [0.25, 0.3) is 5.91 Å². The number of aryl methyl sites for hydroxylation is 1. The van der Waals surface area contributed by atoms with Crippen LogP contribution in [-0.2, 0) is 45.9 Å². The lowest BCUT2D eigenvalue weighted by Gasteiger charge is -2.36. The summed E-state index contributed by atoms with van der Waals surface area (Å²) in [5.41, 5.74) is 0.554. The molecule has 2 heterocycles. The summed E-state index contributed by atoms with van der Waals surface area (Å²) in [6, 6.07) is 14.0. The molecular weight excluding hydrogens is 685 g/mol. The molecule has 2 aromatic rings. The van der Waals surface area contributed by atoms with Crippen LogP contribution in [0.15, 0.2) is 61.2 Å². The molecule has 0 radical (unpaired) electrons. The van der Waals surface area contributed by atoms with Crippen molar-refractivity contribution in [3.8, 4) is 11.1 Å². The van der Waals surface area contributed by atoms with Crippen molar-refractivity contribution in [2.75, 3.05) is 20.3 Å². The van der Waals surface area contributed by atoms with Gasteiger partial charge in [0.2, 0.25) is 21.8 Å². The highest BCUT2D eigenvalue weighted by Gasteiger charge is 2.62. The van der Waals surface area contributed by atoms with Crippen molar-refractivity contribution in [3.05, 3.63) is 72.3 Å². The van der Waals surface area contributed by atoms with Crippen LogP contribution in [-0.4, -0.2) is 80.3 Å². The minimum Gasteiger partial charge on any atom is -0.450 e. The van der Waals surface area contributed by atoms with Crippen molar-refractivity contribution in [2.24, 2.45) is 11.3 Å². The molecule has 2 saturated carbocycles. The van der Waals surface area contributed by atoms with Crippen LogP contribution in [0.2, 0.25) is 0 Å². The Hall–Kier alpha value is -4.23. The first kappa shape index (κ1) is 37.5. The van der Waals surface area contributed by atoms with Gasteiger partial charge in [-0.05, 0) is 72.6 Å². The van der Waals surface area contributed by atoms with Crippen molar-refractivity contribution in [1.29, 1.82) is 0 Å². The van der Waals surface area contributed by atoms with Crippen molar-refractivity contribution in [2.45, 2.75) is 101 Å². The van der Waals surface area contributed by atoms with Crippen molar-refractivity contribution in [3.63, 3.8) is 0 Å². The highest BCUT2D eigenvalue weighted by molar-refractivity contribution is 7.91. The van der Waals surface area contributed by atoms with Gasteiger partial charge in [-0.25, -0.2) is 13.2 Å². The summed E-state index contributed by atoms with van der Waals surface area (Å²) in [6.45, 7) is 9.42. The number of hydrogen-bond donors (Lipinski definition) is 3.